The molecule has 1 aliphatic carbocycles. The Kier molecular flexibility index (Phi) is 4.57. The molecule has 1 saturated carbocycles. The van der Waals surface area contributed by atoms with E-state index in [1.807, 2.05) is 11.3 Å². The van der Waals surface area contributed by atoms with E-state index in [0.717, 1.165) is 18.0 Å². The van der Waals surface area contributed by atoms with Crippen LogP contribution < -0.4 is 5.32 Å². The molecular formula is C16H26N2S. The molecule has 19 heavy (non-hydrogen) atoms. The summed E-state index contributed by atoms with van der Waals surface area (Å²) in [5.41, 5.74) is 0. The number of rotatable bonds is 6. The molecule has 2 aliphatic rings. The van der Waals surface area contributed by atoms with Gasteiger partial charge in [0.2, 0.25) is 0 Å². The highest BCUT2D eigenvalue weighted by Crippen LogP contribution is 2.36. The van der Waals surface area contributed by atoms with Gasteiger partial charge in [-0.05, 0) is 43.0 Å². The molecule has 106 valence electrons. The molecule has 2 fully saturated rings. The van der Waals surface area contributed by atoms with Crippen LogP contribution in [0.1, 0.15) is 37.5 Å². The Hall–Kier alpha value is -0.380. The summed E-state index contributed by atoms with van der Waals surface area (Å²) in [5, 5.41) is 5.98. The minimum atomic E-state index is 0.725. The maximum absolute atomic E-state index is 3.78. The molecule has 2 atom stereocenters. The van der Waals surface area contributed by atoms with Crippen LogP contribution in [0.15, 0.2) is 17.5 Å². The van der Waals surface area contributed by atoms with Crippen LogP contribution in [0.3, 0.4) is 0 Å². The van der Waals surface area contributed by atoms with Gasteiger partial charge in [-0.1, -0.05) is 19.4 Å². The summed E-state index contributed by atoms with van der Waals surface area (Å²) in [5.74, 6) is 0.985. The zero-order valence-corrected chi connectivity index (χ0v) is 12.8. The van der Waals surface area contributed by atoms with Crippen molar-refractivity contribution in [2.75, 3.05) is 19.6 Å². The molecule has 1 saturated heterocycles. The average molecular weight is 278 g/mol. The number of thiophene rings is 1. The molecule has 1 aliphatic heterocycles. The minimum absolute atomic E-state index is 0.725. The quantitative estimate of drug-likeness (QED) is 0.860. The predicted octanol–water partition coefficient (Wildman–Crippen LogP) is 3.14. The molecule has 0 radical (unpaired) electrons. The second kappa shape index (κ2) is 6.38. The van der Waals surface area contributed by atoms with Crippen molar-refractivity contribution in [2.45, 2.75) is 51.1 Å². The van der Waals surface area contributed by atoms with Gasteiger partial charge in [0.25, 0.3) is 0 Å². The monoisotopic (exact) mass is 278 g/mol. The van der Waals surface area contributed by atoms with Crippen molar-refractivity contribution in [2.24, 2.45) is 5.92 Å². The Morgan fingerprint density at radius 2 is 2.32 bits per heavy atom. The Labute approximate surface area is 121 Å². The largest absolute Gasteiger partial charge is 0.311 e. The van der Waals surface area contributed by atoms with E-state index in [-0.39, 0.29) is 0 Å². The van der Waals surface area contributed by atoms with Gasteiger partial charge in [-0.3, -0.25) is 4.90 Å². The lowest BCUT2D eigenvalue weighted by atomic mass is 10.0. The van der Waals surface area contributed by atoms with Gasteiger partial charge in [-0.15, -0.1) is 11.3 Å². The van der Waals surface area contributed by atoms with Crippen molar-refractivity contribution in [1.82, 2.24) is 10.2 Å². The summed E-state index contributed by atoms with van der Waals surface area (Å²) >= 11 is 1.91. The molecule has 2 unspecified atom stereocenters. The van der Waals surface area contributed by atoms with Crippen molar-refractivity contribution in [1.29, 1.82) is 0 Å². The molecule has 1 N–H and O–H groups in total. The zero-order valence-electron chi connectivity index (χ0n) is 12.0. The normalized spacial score (nSPS) is 28.7. The molecule has 0 spiro atoms. The van der Waals surface area contributed by atoms with Gasteiger partial charge in [-0.25, -0.2) is 0 Å². The highest BCUT2D eigenvalue weighted by molar-refractivity contribution is 7.09. The number of piperazine rings is 1. The van der Waals surface area contributed by atoms with Crippen LogP contribution in [0.4, 0.5) is 0 Å². The van der Waals surface area contributed by atoms with Crippen molar-refractivity contribution >= 4 is 11.3 Å². The summed E-state index contributed by atoms with van der Waals surface area (Å²) < 4.78 is 0. The Morgan fingerprint density at radius 3 is 3.00 bits per heavy atom. The summed E-state index contributed by atoms with van der Waals surface area (Å²) in [6, 6.07) is 6.00. The van der Waals surface area contributed by atoms with Gasteiger partial charge < -0.3 is 5.32 Å². The first-order chi connectivity index (χ1) is 9.36. The molecule has 1 aromatic rings. The second-order valence-electron chi connectivity index (χ2n) is 6.12. The summed E-state index contributed by atoms with van der Waals surface area (Å²) in [7, 11) is 0. The average Bonchev–Trinajstić information content (AvgIpc) is 3.13. The van der Waals surface area contributed by atoms with Crippen LogP contribution in [-0.2, 0) is 6.42 Å². The van der Waals surface area contributed by atoms with E-state index in [1.54, 1.807) is 4.88 Å². The van der Waals surface area contributed by atoms with Crippen LogP contribution in [0.2, 0.25) is 0 Å². The Balaban J connectivity index is 1.56. The van der Waals surface area contributed by atoms with E-state index < -0.39 is 0 Å². The fourth-order valence-corrected chi connectivity index (χ4v) is 4.05. The first-order valence-corrected chi connectivity index (χ1v) is 8.74. The summed E-state index contributed by atoms with van der Waals surface area (Å²) in [6.45, 7) is 6.04. The van der Waals surface area contributed by atoms with Crippen LogP contribution >= 0.6 is 11.3 Å². The topological polar surface area (TPSA) is 15.3 Å². The number of nitrogens with one attached hydrogen (secondary N) is 1. The van der Waals surface area contributed by atoms with Crippen LogP contribution in [0.5, 0.6) is 0 Å². The highest BCUT2D eigenvalue weighted by Gasteiger charge is 2.38. The fraction of sp³-hybridized carbons (Fsp3) is 0.750. The lowest BCUT2D eigenvalue weighted by molar-refractivity contribution is 0.113. The first kappa shape index (κ1) is 13.6. The van der Waals surface area contributed by atoms with Crippen molar-refractivity contribution in [3.63, 3.8) is 0 Å². The number of hydrogen-bond donors (Lipinski definition) is 1. The smallest absolute Gasteiger partial charge is 0.0249 e. The van der Waals surface area contributed by atoms with Crippen LogP contribution in [0, 0.1) is 5.92 Å². The fourth-order valence-electron chi connectivity index (χ4n) is 3.35. The van der Waals surface area contributed by atoms with Gasteiger partial charge in [0, 0.05) is 36.6 Å². The van der Waals surface area contributed by atoms with Crippen LogP contribution in [-0.4, -0.2) is 36.6 Å². The van der Waals surface area contributed by atoms with E-state index in [2.05, 4.69) is 34.7 Å². The van der Waals surface area contributed by atoms with Crippen molar-refractivity contribution in [3.8, 4) is 0 Å². The molecule has 0 aromatic carbocycles. The van der Waals surface area contributed by atoms with Gasteiger partial charge in [0.1, 0.15) is 0 Å². The molecule has 3 heteroatoms. The van der Waals surface area contributed by atoms with Crippen molar-refractivity contribution in [3.05, 3.63) is 22.4 Å². The highest BCUT2D eigenvalue weighted by atomic mass is 32.1. The third kappa shape index (κ3) is 3.59. The third-order valence-corrected chi connectivity index (χ3v) is 5.50. The maximum Gasteiger partial charge on any atom is 0.0249 e. The lowest BCUT2D eigenvalue weighted by Crippen LogP contribution is -2.57. The Bertz CT molecular complexity index is 372. The van der Waals surface area contributed by atoms with Crippen molar-refractivity contribution < 1.29 is 0 Å². The molecule has 3 rings (SSSR count). The SMILES string of the molecule is CCCC1CN(CCc2cccs2)C(C2CC2)CN1. The summed E-state index contributed by atoms with van der Waals surface area (Å²) in [6.07, 6.45) is 6.78. The molecular weight excluding hydrogens is 252 g/mol. The van der Waals surface area contributed by atoms with E-state index in [9.17, 15) is 0 Å². The van der Waals surface area contributed by atoms with Gasteiger partial charge in [0.05, 0.1) is 0 Å². The van der Waals surface area contributed by atoms with Gasteiger partial charge >= 0.3 is 0 Å². The van der Waals surface area contributed by atoms with E-state index in [1.165, 1.54) is 51.7 Å². The van der Waals surface area contributed by atoms with Gasteiger partial charge in [-0.2, -0.15) is 0 Å². The number of hydrogen-bond acceptors (Lipinski definition) is 3. The molecule has 2 heterocycles. The maximum atomic E-state index is 3.78. The molecule has 0 bridgehead atoms. The lowest BCUT2D eigenvalue weighted by Gasteiger charge is -2.41. The van der Waals surface area contributed by atoms with Gasteiger partial charge in [0.15, 0.2) is 0 Å². The predicted molar refractivity (Wildman–Crippen MR) is 82.8 cm³/mol. The van der Waals surface area contributed by atoms with E-state index in [0.29, 0.717) is 0 Å². The van der Waals surface area contributed by atoms with E-state index >= 15 is 0 Å². The minimum Gasteiger partial charge on any atom is -0.311 e. The summed E-state index contributed by atoms with van der Waals surface area (Å²) in [4.78, 5) is 4.33. The number of nitrogens with zero attached hydrogens (tertiary/aromatic N) is 1. The Morgan fingerprint density at radius 1 is 1.42 bits per heavy atom. The second-order valence-corrected chi connectivity index (χ2v) is 7.16. The third-order valence-electron chi connectivity index (χ3n) is 4.57. The van der Waals surface area contributed by atoms with E-state index in [4.69, 9.17) is 0 Å². The van der Waals surface area contributed by atoms with Crippen LogP contribution in [0.25, 0.3) is 0 Å². The standard InChI is InChI=1S/C16H26N2S/c1-2-4-14-12-18(9-8-15-5-3-10-19-15)16(11-17-14)13-6-7-13/h3,5,10,13-14,16-17H,2,4,6-9,11-12H2,1H3. The zero-order chi connectivity index (χ0) is 13.1. The molecule has 2 nitrogen and oxygen atoms in total. The first-order valence-electron chi connectivity index (χ1n) is 7.86. The molecule has 1 aromatic heterocycles. The molecule has 0 amide bonds.